The quantitative estimate of drug-likeness (QED) is 0.273. The molecular formula is C28H26N2O4. The zero-order valence-corrected chi connectivity index (χ0v) is 18.6. The highest BCUT2D eigenvalue weighted by atomic mass is 16.5. The highest BCUT2D eigenvalue weighted by molar-refractivity contribution is 5.94. The van der Waals surface area contributed by atoms with Gasteiger partial charge in [0.1, 0.15) is 36.2 Å². The molecule has 1 amide bonds. The first-order valence-corrected chi connectivity index (χ1v) is 11.0. The number of hydrogen-bond donors (Lipinski definition) is 2. The van der Waals surface area contributed by atoms with E-state index in [1.165, 1.54) is 0 Å². The first kappa shape index (κ1) is 22.7. The smallest absolute Gasteiger partial charge is 0.243 e. The largest absolute Gasteiger partial charge is 0.490 e. The number of hydrogen-bond acceptors (Lipinski definition) is 5. The standard InChI is InChI=1S/C28H26N2O4/c31-28(30-22-15-17-25(18-16-22)34-24-11-5-2-6-12-24)21-29-26-13-7-8-14-27(26)33-20-19-32-23-9-3-1-4-10-23/h1-18,29H,19-21H2,(H,30,31). The van der Waals surface area contributed by atoms with E-state index in [-0.39, 0.29) is 12.5 Å². The number of carbonyl (C=O) groups is 1. The summed E-state index contributed by atoms with van der Waals surface area (Å²) in [6.45, 7) is 0.906. The lowest BCUT2D eigenvalue weighted by Gasteiger charge is -2.14. The number of amides is 1. The van der Waals surface area contributed by atoms with Crippen LogP contribution in [0.15, 0.2) is 109 Å². The molecule has 0 heterocycles. The summed E-state index contributed by atoms with van der Waals surface area (Å²) in [5.74, 6) is 2.75. The van der Waals surface area contributed by atoms with Crippen molar-refractivity contribution in [3.63, 3.8) is 0 Å². The molecule has 34 heavy (non-hydrogen) atoms. The summed E-state index contributed by atoms with van der Waals surface area (Å²) in [5, 5.41) is 6.01. The second-order valence-corrected chi connectivity index (χ2v) is 7.35. The average molecular weight is 455 g/mol. The van der Waals surface area contributed by atoms with Crippen LogP contribution in [-0.2, 0) is 4.79 Å². The Labute approximate surface area is 199 Å². The van der Waals surface area contributed by atoms with Gasteiger partial charge in [-0.25, -0.2) is 0 Å². The Balaban J connectivity index is 1.23. The van der Waals surface area contributed by atoms with E-state index in [2.05, 4.69) is 10.6 Å². The summed E-state index contributed by atoms with van der Waals surface area (Å²) >= 11 is 0. The van der Waals surface area contributed by atoms with Crippen LogP contribution in [0.3, 0.4) is 0 Å². The molecule has 0 aliphatic carbocycles. The Hall–Kier alpha value is -4.45. The van der Waals surface area contributed by atoms with Crippen molar-refractivity contribution >= 4 is 17.3 Å². The molecule has 2 N–H and O–H groups in total. The maximum absolute atomic E-state index is 12.4. The molecule has 0 aliphatic heterocycles. The Bertz CT molecular complexity index is 1170. The van der Waals surface area contributed by atoms with E-state index in [9.17, 15) is 4.79 Å². The summed E-state index contributed by atoms with van der Waals surface area (Å²) in [6.07, 6.45) is 0. The number of ether oxygens (including phenoxy) is 3. The summed E-state index contributed by atoms with van der Waals surface area (Å²) in [7, 11) is 0. The van der Waals surface area contributed by atoms with Crippen molar-refractivity contribution in [3.05, 3.63) is 109 Å². The lowest BCUT2D eigenvalue weighted by atomic mass is 10.2. The van der Waals surface area contributed by atoms with Crippen molar-refractivity contribution in [2.75, 3.05) is 30.4 Å². The molecule has 6 nitrogen and oxygen atoms in total. The molecule has 0 aliphatic rings. The number of nitrogens with one attached hydrogen (secondary N) is 2. The second kappa shape index (κ2) is 12.0. The topological polar surface area (TPSA) is 68.8 Å². The van der Waals surface area contributed by atoms with Gasteiger partial charge in [-0.15, -0.1) is 0 Å². The molecular weight excluding hydrogens is 428 g/mol. The third-order valence-corrected chi connectivity index (χ3v) is 4.80. The van der Waals surface area contributed by atoms with Crippen molar-refractivity contribution in [2.45, 2.75) is 0 Å². The monoisotopic (exact) mass is 454 g/mol. The fourth-order valence-corrected chi connectivity index (χ4v) is 3.18. The lowest BCUT2D eigenvalue weighted by Crippen LogP contribution is -2.22. The van der Waals surface area contributed by atoms with Gasteiger partial charge in [-0.3, -0.25) is 4.79 Å². The number of para-hydroxylation sites is 4. The minimum absolute atomic E-state index is 0.100. The first-order valence-electron chi connectivity index (χ1n) is 11.0. The highest BCUT2D eigenvalue weighted by Gasteiger charge is 2.07. The van der Waals surface area contributed by atoms with Gasteiger partial charge in [0.15, 0.2) is 0 Å². The molecule has 0 aromatic heterocycles. The number of rotatable bonds is 11. The van der Waals surface area contributed by atoms with Crippen LogP contribution in [0.4, 0.5) is 11.4 Å². The van der Waals surface area contributed by atoms with Gasteiger partial charge in [-0.05, 0) is 60.7 Å². The van der Waals surface area contributed by atoms with Gasteiger partial charge in [0.05, 0.1) is 12.2 Å². The SMILES string of the molecule is O=C(CNc1ccccc1OCCOc1ccccc1)Nc1ccc(Oc2ccccc2)cc1. The minimum Gasteiger partial charge on any atom is -0.490 e. The van der Waals surface area contributed by atoms with Gasteiger partial charge in [-0.2, -0.15) is 0 Å². The van der Waals surface area contributed by atoms with E-state index in [0.29, 0.717) is 30.4 Å². The molecule has 4 rings (SSSR count). The lowest BCUT2D eigenvalue weighted by molar-refractivity contribution is -0.114. The molecule has 4 aromatic rings. The summed E-state index contributed by atoms with van der Waals surface area (Å²) < 4.78 is 17.3. The Morgan fingerprint density at radius 2 is 1.21 bits per heavy atom. The molecule has 0 unspecified atom stereocenters. The van der Waals surface area contributed by atoms with Crippen LogP contribution < -0.4 is 24.8 Å². The predicted molar refractivity (Wildman–Crippen MR) is 134 cm³/mol. The first-order chi connectivity index (χ1) is 16.8. The van der Waals surface area contributed by atoms with E-state index in [4.69, 9.17) is 14.2 Å². The highest BCUT2D eigenvalue weighted by Crippen LogP contribution is 2.24. The molecule has 0 fully saturated rings. The van der Waals surface area contributed by atoms with E-state index >= 15 is 0 Å². The van der Waals surface area contributed by atoms with E-state index in [1.807, 2.05) is 97.1 Å². The Kier molecular flexibility index (Phi) is 8.00. The van der Waals surface area contributed by atoms with Gasteiger partial charge in [0.2, 0.25) is 5.91 Å². The maximum atomic E-state index is 12.4. The number of benzene rings is 4. The zero-order valence-electron chi connectivity index (χ0n) is 18.6. The molecule has 0 spiro atoms. The van der Waals surface area contributed by atoms with E-state index < -0.39 is 0 Å². The van der Waals surface area contributed by atoms with Crippen LogP contribution in [0.5, 0.6) is 23.0 Å². The maximum Gasteiger partial charge on any atom is 0.243 e. The summed E-state index contributed by atoms with van der Waals surface area (Å²) in [5.41, 5.74) is 1.43. The number of carbonyl (C=O) groups excluding carboxylic acids is 1. The van der Waals surface area contributed by atoms with Crippen molar-refractivity contribution < 1.29 is 19.0 Å². The van der Waals surface area contributed by atoms with Crippen LogP contribution in [-0.4, -0.2) is 25.7 Å². The molecule has 0 saturated heterocycles. The van der Waals surface area contributed by atoms with Gasteiger partial charge < -0.3 is 24.8 Å². The fourth-order valence-electron chi connectivity index (χ4n) is 3.18. The predicted octanol–water partition coefficient (Wildman–Crippen LogP) is 5.99. The number of anilines is 2. The summed E-state index contributed by atoms with van der Waals surface area (Å²) in [6, 6.07) is 33.9. The van der Waals surface area contributed by atoms with Crippen LogP contribution in [0.2, 0.25) is 0 Å². The zero-order chi connectivity index (χ0) is 23.4. The second-order valence-electron chi connectivity index (χ2n) is 7.35. The van der Waals surface area contributed by atoms with Crippen LogP contribution >= 0.6 is 0 Å². The minimum atomic E-state index is -0.168. The average Bonchev–Trinajstić information content (AvgIpc) is 2.88. The van der Waals surface area contributed by atoms with Crippen LogP contribution in [0.1, 0.15) is 0 Å². The van der Waals surface area contributed by atoms with E-state index in [0.717, 1.165) is 17.2 Å². The summed E-state index contributed by atoms with van der Waals surface area (Å²) in [4.78, 5) is 12.4. The third kappa shape index (κ3) is 7.03. The molecule has 4 aromatic carbocycles. The molecule has 0 atom stereocenters. The Morgan fingerprint density at radius 3 is 1.94 bits per heavy atom. The van der Waals surface area contributed by atoms with Gasteiger partial charge in [0, 0.05) is 5.69 Å². The van der Waals surface area contributed by atoms with Gasteiger partial charge in [0.25, 0.3) is 0 Å². The molecule has 0 bridgehead atoms. The van der Waals surface area contributed by atoms with Crippen molar-refractivity contribution in [1.29, 1.82) is 0 Å². The van der Waals surface area contributed by atoms with Crippen LogP contribution in [0, 0.1) is 0 Å². The molecule has 6 heteroatoms. The van der Waals surface area contributed by atoms with Crippen LogP contribution in [0.25, 0.3) is 0 Å². The Morgan fingerprint density at radius 1 is 0.618 bits per heavy atom. The van der Waals surface area contributed by atoms with Crippen molar-refractivity contribution in [3.8, 4) is 23.0 Å². The fraction of sp³-hybridized carbons (Fsp3) is 0.107. The molecule has 172 valence electrons. The normalized spacial score (nSPS) is 10.2. The third-order valence-electron chi connectivity index (χ3n) is 4.80. The van der Waals surface area contributed by atoms with Gasteiger partial charge >= 0.3 is 0 Å². The van der Waals surface area contributed by atoms with Gasteiger partial charge in [-0.1, -0.05) is 48.5 Å². The van der Waals surface area contributed by atoms with E-state index in [1.54, 1.807) is 12.1 Å². The molecule has 0 saturated carbocycles. The molecule has 0 radical (unpaired) electrons. The van der Waals surface area contributed by atoms with Crippen molar-refractivity contribution in [1.82, 2.24) is 0 Å². The van der Waals surface area contributed by atoms with Crippen molar-refractivity contribution in [2.24, 2.45) is 0 Å².